The third kappa shape index (κ3) is 8.44. The molecule has 0 rings (SSSR count). The summed E-state index contributed by atoms with van der Waals surface area (Å²) in [5.74, 6) is 0.943. The van der Waals surface area contributed by atoms with E-state index < -0.39 is 0 Å². The van der Waals surface area contributed by atoms with Crippen molar-refractivity contribution in [3.8, 4) is 0 Å². The summed E-state index contributed by atoms with van der Waals surface area (Å²) in [6, 6.07) is -0.382. The maximum absolute atomic E-state index is 11.4. The van der Waals surface area contributed by atoms with E-state index in [1.54, 1.807) is 0 Å². The Morgan fingerprint density at radius 1 is 1.40 bits per heavy atom. The molecule has 0 heterocycles. The SMILES string of the molecule is CC(=O)NCCSC(=O)[C@H](N)CC(C)C. The molecule has 0 aliphatic heterocycles. The van der Waals surface area contributed by atoms with E-state index in [9.17, 15) is 9.59 Å². The normalized spacial score (nSPS) is 12.6. The van der Waals surface area contributed by atoms with Gasteiger partial charge >= 0.3 is 0 Å². The summed E-state index contributed by atoms with van der Waals surface area (Å²) in [7, 11) is 0. The second kappa shape index (κ2) is 7.70. The van der Waals surface area contributed by atoms with Crippen molar-refractivity contribution >= 4 is 22.8 Å². The van der Waals surface area contributed by atoms with Crippen molar-refractivity contribution in [2.75, 3.05) is 12.3 Å². The second-order valence-electron chi connectivity index (χ2n) is 3.89. The Morgan fingerprint density at radius 3 is 2.47 bits per heavy atom. The van der Waals surface area contributed by atoms with Crippen LogP contribution in [-0.4, -0.2) is 29.4 Å². The lowest BCUT2D eigenvalue weighted by molar-refractivity contribution is -0.119. The van der Waals surface area contributed by atoms with Gasteiger partial charge in [0.25, 0.3) is 0 Å². The summed E-state index contributed by atoms with van der Waals surface area (Å²) >= 11 is 1.19. The molecule has 4 nitrogen and oxygen atoms in total. The second-order valence-corrected chi connectivity index (χ2v) is 4.99. The molecule has 5 heteroatoms. The number of carbonyl (C=O) groups excluding carboxylic acids is 2. The Kier molecular flexibility index (Phi) is 7.42. The predicted octanol–water partition coefficient (Wildman–Crippen LogP) is 0.756. The van der Waals surface area contributed by atoms with Gasteiger partial charge in [0.1, 0.15) is 0 Å². The first kappa shape index (κ1) is 14.5. The van der Waals surface area contributed by atoms with E-state index in [1.165, 1.54) is 18.7 Å². The molecule has 0 bridgehead atoms. The van der Waals surface area contributed by atoms with Crippen LogP contribution in [0.4, 0.5) is 0 Å². The molecule has 0 radical (unpaired) electrons. The number of thioether (sulfide) groups is 1. The third-order valence-electron chi connectivity index (χ3n) is 1.75. The maximum Gasteiger partial charge on any atom is 0.216 e. The fraction of sp³-hybridized carbons (Fsp3) is 0.800. The third-order valence-corrected chi connectivity index (χ3v) is 2.74. The number of nitrogens with two attached hydrogens (primary N) is 1. The average Bonchev–Trinajstić information content (AvgIpc) is 2.10. The molecule has 0 aliphatic rings. The highest BCUT2D eigenvalue weighted by Crippen LogP contribution is 2.10. The van der Waals surface area contributed by atoms with Crippen molar-refractivity contribution in [1.82, 2.24) is 5.32 Å². The van der Waals surface area contributed by atoms with Crippen molar-refractivity contribution in [3.05, 3.63) is 0 Å². The first-order valence-corrected chi connectivity index (χ1v) is 6.08. The molecule has 0 fully saturated rings. The summed E-state index contributed by atoms with van der Waals surface area (Å²) in [4.78, 5) is 22.0. The molecule has 15 heavy (non-hydrogen) atoms. The number of amides is 1. The number of carbonyl (C=O) groups is 2. The summed E-state index contributed by atoms with van der Waals surface area (Å²) in [5, 5.41) is 2.64. The summed E-state index contributed by atoms with van der Waals surface area (Å²) in [5.41, 5.74) is 5.70. The minimum atomic E-state index is -0.382. The minimum Gasteiger partial charge on any atom is -0.356 e. The van der Waals surface area contributed by atoms with Gasteiger partial charge in [-0.3, -0.25) is 9.59 Å². The van der Waals surface area contributed by atoms with Crippen LogP contribution in [0.2, 0.25) is 0 Å². The van der Waals surface area contributed by atoms with Crippen LogP contribution < -0.4 is 11.1 Å². The lowest BCUT2D eigenvalue weighted by Gasteiger charge is -2.12. The first-order chi connectivity index (χ1) is 6.93. The van der Waals surface area contributed by atoms with Crippen molar-refractivity contribution in [3.63, 3.8) is 0 Å². The van der Waals surface area contributed by atoms with Crippen LogP contribution in [0.15, 0.2) is 0 Å². The Bertz CT molecular complexity index is 219. The molecule has 0 spiro atoms. The zero-order valence-corrected chi connectivity index (χ0v) is 10.4. The molecule has 0 aliphatic carbocycles. The van der Waals surface area contributed by atoms with Crippen molar-refractivity contribution in [1.29, 1.82) is 0 Å². The van der Waals surface area contributed by atoms with Crippen LogP contribution in [0.25, 0.3) is 0 Å². The molecule has 0 aromatic heterocycles. The van der Waals surface area contributed by atoms with Crippen LogP contribution in [0.3, 0.4) is 0 Å². The molecule has 3 N–H and O–H groups in total. The van der Waals surface area contributed by atoms with Gasteiger partial charge in [-0.1, -0.05) is 25.6 Å². The zero-order chi connectivity index (χ0) is 11.8. The van der Waals surface area contributed by atoms with Gasteiger partial charge in [-0.05, 0) is 12.3 Å². The van der Waals surface area contributed by atoms with E-state index in [0.717, 1.165) is 0 Å². The van der Waals surface area contributed by atoms with Gasteiger partial charge < -0.3 is 11.1 Å². The summed E-state index contributed by atoms with van der Waals surface area (Å²) in [6.45, 7) is 6.04. The van der Waals surface area contributed by atoms with Gasteiger partial charge in [0.15, 0.2) is 0 Å². The summed E-state index contributed by atoms with van der Waals surface area (Å²) in [6.07, 6.45) is 0.714. The quantitative estimate of drug-likeness (QED) is 0.663. The maximum atomic E-state index is 11.4. The largest absolute Gasteiger partial charge is 0.356 e. The number of nitrogens with one attached hydrogen (secondary N) is 1. The highest BCUT2D eigenvalue weighted by Gasteiger charge is 2.14. The molecule has 0 saturated heterocycles. The highest BCUT2D eigenvalue weighted by atomic mass is 32.2. The van der Waals surface area contributed by atoms with Crippen LogP contribution >= 0.6 is 11.8 Å². The Morgan fingerprint density at radius 2 is 2.00 bits per heavy atom. The number of rotatable bonds is 6. The molecule has 0 saturated carbocycles. The van der Waals surface area contributed by atoms with Gasteiger partial charge in [-0.25, -0.2) is 0 Å². The molecule has 0 unspecified atom stereocenters. The zero-order valence-electron chi connectivity index (χ0n) is 9.58. The fourth-order valence-electron chi connectivity index (χ4n) is 1.09. The van der Waals surface area contributed by atoms with E-state index >= 15 is 0 Å². The molecule has 0 aromatic carbocycles. The lowest BCUT2D eigenvalue weighted by Crippen LogP contribution is -2.31. The smallest absolute Gasteiger partial charge is 0.216 e. The first-order valence-electron chi connectivity index (χ1n) is 5.10. The number of hydrogen-bond acceptors (Lipinski definition) is 4. The number of hydrogen-bond donors (Lipinski definition) is 2. The van der Waals surface area contributed by atoms with E-state index in [1.807, 2.05) is 13.8 Å². The van der Waals surface area contributed by atoms with E-state index in [4.69, 9.17) is 5.73 Å². The molecule has 88 valence electrons. The highest BCUT2D eigenvalue weighted by molar-refractivity contribution is 8.13. The summed E-state index contributed by atoms with van der Waals surface area (Å²) < 4.78 is 0. The fourth-order valence-corrected chi connectivity index (χ4v) is 1.81. The molecule has 1 amide bonds. The monoisotopic (exact) mass is 232 g/mol. The molecular weight excluding hydrogens is 212 g/mol. The van der Waals surface area contributed by atoms with Gasteiger partial charge in [-0.15, -0.1) is 0 Å². The topological polar surface area (TPSA) is 72.2 Å². The van der Waals surface area contributed by atoms with Crippen molar-refractivity contribution in [2.45, 2.75) is 33.2 Å². The lowest BCUT2D eigenvalue weighted by atomic mass is 10.1. The standard InChI is InChI=1S/C10H20N2O2S/c1-7(2)6-9(11)10(14)15-5-4-12-8(3)13/h7,9H,4-6,11H2,1-3H3,(H,12,13)/t9-/m1/s1. The van der Waals surface area contributed by atoms with Crippen molar-refractivity contribution in [2.24, 2.45) is 11.7 Å². The van der Waals surface area contributed by atoms with Crippen LogP contribution in [0, 0.1) is 5.92 Å². The van der Waals surface area contributed by atoms with Gasteiger partial charge in [0.05, 0.1) is 6.04 Å². The van der Waals surface area contributed by atoms with Crippen LogP contribution in [0.5, 0.6) is 0 Å². The molecule has 0 aromatic rings. The van der Waals surface area contributed by atoms with E-state index in [0.29, 0.717) is 24.6 Å². The Labute approximate surface area is 95.4 Å². The van der Waals surface area contributed by atoms with E-state index in [2.05, 4.69) is 5.32 Å². The van der Waals surface area contributed by atoms with E-state index in [-0.39, 0.29) is 17.1 Å². The Hall–Kier alpha value is -0.550. The van der Waals surface area contributed by atoms with Gasteiger partial charge in [-0.2, -0.15) is 0 Å². The van der Waals surface area contributed by atoms with Crippen LogP contribution in [0.1, 0.15) is 27.2 Å². The van der Waals surface area contributed by atoms with Gasteiger partial charge in [0, 0.05) is 19.2 Å². The van der Waals surface area contributed by atoms with Crippen molar-refractivity contribution < 1.29 is 9.59 Å². The predicted molar refractivity (Wildman–Crippen MR) is 63.6 cm³/mol. The van der Waals surface area contributed by atoms with Crippen LogP contribution in [-0.2, 0) is 9.59 Å². The molecular formula is C10H20N2O2S. The Balaban J connectivity index is 3.60. The average molecular weight is 232 g/mol. The molecule has 1 atom stereocenters. The van der Waals surface area contributed by atoms with Gasteiger partial charge in [0.2, 0.25) is 11.0 Å². The minimum absolute atomic E-state index is 0.00838.